The summed E-state index contributed by atoms with van der Waals surface area (Å²) in [5.41, 5.74) is 2.85. The lowest BCUT2D eigenvalue weighted by atomic mass is 10.1. The average molecular weight is 467 g/mol. The molecule has 0 radical (unpaired) electrons. The number of ether oxygens (including phenoxy) is 3. The van der Waals surface area contributed by atoms with Gasteiger partial charge >= 0.3 is 11.9 Å². The van der Waals surface area contributed by atoms with Crippen molar-refractivity contribution in [2.45, 2.75) is 6.61 Å². The van der Waals surface area contributed by atoms with E-state index in [0.717, 1.165) is 5.56 Å². The highest BCUT2D eigenvalue weighted by atomic mass is 16.5. The van der Waals surface area contributed by atoms with Crippen molar-refractivity contribution in [1.29, 1.82) is 5.26 Å². The van der Waals surface area contributed by atoms with Gasteiger partial charge in [-0.05, 0) is 54.1 Å². The normalized spacial score (nSPS) is 10.3. The SMILES string of the molecule is COC(=O)c1c(-c2ccc(OCc3cccc(C#N)c3)cc2)nn(-c2ccccc2)c1C(=O)OC. The summed E-state index contributed by atoms with van der Waals surface area (Å²) in [6.07, 6.45) is 0. The molecule has 4 aromatic rings. The van der Waals surface area contributed by atoms with E-state index in [1.165, 1.54) is 18.9 Å². The fraction of sp³-hybridized carbons (Fsp3) is 0.111. The maximum Gasteiger partial charge on any atom is 0.357 e. The highest BCUT2D eigenvalue weighted by molar-refractivity contribution is 6.06. The second kappa shape index (κ2) is 10.4. The van der Waals surface area contributed by atoms with Gasteiger partial charge in [0, 0.05) is 5.56 Å². The monoisotopic (exact) mass is 467 g/mol. The van der Waals surface area contributed by atoms with Gasteiger partial charge in [0.25, 0.3) is 0 Å². The lowest BCUT2D eigenvalue weighted by Crippen LogP contribution is -2.15. The maximum absolute atomic E-state index is 12.7. The highest BCUT2D eigenvalue weighted by Crippen LogP contribution is 2.30. The lowest BCUT2D eigenvalue weighted by molar-refractivity contribution is 0.0549. The topological polar surface area (TPSA) is 103 Å². The van der Waals surface area contributed by atoms with E-state index < -0.39 is 11.9 Å². The number of hydrogen-bond donors (Lipinski definition) is 0. The van der Waals surface area contributed by atoms with Gasteiger partial charge in [0.15, 0.2) is 5.69 Å². The Kier molecular flexibility index (Phi) is 6.88. The smallest absolute Gasteiger partial charge is 0.357 e. The van der Waals surface area contributed by atoms with Crippen LogP contribution in [0.25, 0.3) is 16.9 Å². The van der Waals surface area contributed by atoms with Gasteiger partial charge in [-0.3, -0.25) is 0 Å². The van der Waals surface area contributed by atoms with Crippen molar-refractivity contribution in [3.63, 3.8) is 0 Å². The molecule has 0 fully saturated rings. The number of hydrogen-bond acceptors (Lipinski definition) is 7. The van der Waals surface area contributed by atoms with Crippen LogP contribution in [-0.2, 0) is 16.1 Å². The largest absolute Gasteiger partial charge is 0.489 e. The maximum atomic E-state index is 12.7. The van der Waals surface area contributed by atoms with Crippen LogP contribution in [0, 0.1) is 11.3 Å². The number of methoxy groups -OCH3 is 2. The third-order valence-electron chi connectivity index (χ3n) is 5.24. The Morgan fingerprint density at radius 2 is 1.63 bits per heavy atom. The van der Waals surface area contributed by atoms with E-state index in [0.29, 0.717) is 22.6 Å². The Labute approximate surface area is 201 Å². The molecule has 0 saturated heterocycles. The molecule has 174 valence electrons. The number of carbonyl (C=O) groups excluding carboxylic acids is 2. The highest BCUT2D eigenvalue weighted by Gasteiger charge is 2.31. The number of aromatic nitrogens is 2. The van der Waals surface area contributed by atoms with Gasteiger partial charge < -0.3 is 14.2 Å². The van der Waals surface area contributed by atoms with Crippen molar-refractivity contribution < 1.29 is 23.8 Å². The minimum Gasteiger partial charge on any atom is -0.489 e. The van der Waals surface area contributed by atoms with Crippen LogP contribution in [0.2, 0.25) is 0 Å². The Bertz CT molecular complexity index is 1400. The Morgan fingerprint density at radius 3 is 2.29 bits per heavy atom. The van der Waals surface area contributed by atoms with Gasteiger partial charge in [0.05, 0.1) is 31.5 Å². The molecule has 0 N–H and O–H groups in total. The lowest BCUT2D eigenvalue weighted by Gasteiger charge is -2.08. The molecule has 4 rings (SSSR count). The van der Waals surface area contributed by atoms with Crippen LogP contribution in [0.4, 0.5) is 0 Å². The molecule has 1 aromatic heterocycles. The second-order valence-corrected chi connectivity index (χ2v) is 7.43. The van der Waals surface area contributed by atoms with Crippen molar-refractivity contribution in [2.24, 2.45) is 0 Å². The summed E-state index contributed by atoms with van der Waals surface area (Å²) in [6, 6.07) is 25.2. The molecule has 3 aromatic carbocycles. The first-order valence-corrected chi connectivity index (χ1v) is 10.6. The molecule has 0 atom stereocenters. The number of para-hydroxylation sites is 1. The van der Waals surface area contributed by atoms with Crippen molar-refractivity contribution in [2.75, 3.05) is 14.2 Å². The fourth-order valence-corrected chi connectivity index (χ4v) is 3.56. The first-order chi connectivity index (χ1) is 17.0. The fourth-order valence-electron chi connectivity index (χ4n) is 3.56. The standard InChI is InChI=1S/C27H21N3O5/c1-33-26(31)23-24(29-30(25(23)27(32)34-2)21-9-4-3-5-10-21)20-11-13-22(14-12-20)35-17-19-8-6-7-18(15-19)16-28/h3-15H,17H2,1-2H3. The first kappa shape index (κ1) is 23.3. The Morgan fingerprint density at radius 1 is 0.914 bits per heavy atom. The molecule has 0 amide bonds. The molecular weight excluding hydrogens is 446 g/mol. The molecule has 0 unspecified atom stereocenters. The van der Waals surface area contributed by atoms with Crippen LogP contribution in [0.15, 0.2) is 78.9 Å². The van der Waals surface area contributed by atoms with E-state index in [-0.39, 0.29) is 23.6 Å². The quantitative estimate of drug-likeness (QED) is 0.367. The van der Waals surface area contributed by atoms with Gasteiger partial charge in [-0.2, -0.15) is 10.4 Å². The third kappa shape index (κ3) is 4.89. The van der Waals surface area contributed by atoms with Gasteiger partial charge in [0.2, 0.25) is 0 Å². The second-order valence-electron chi connectivity index (χ2n) is 7.43. The summed E-state index contributed by atoms with van der Waals surface area (Å²) < 4.78 is 17.1. The van der Waals surface area contributed by atoms with Gasteiger partial charge in [0.1, 0.15) is 23.6 Å². The average Bonchev–Trinajstić information content (AvgIpc) is 3.32. The molecule has 0 bridgehead atoms. The number of esters is 2. The molecule has 0 aliphatic rings. The number of nitrogens with zero attached hydrogens (tertiary/aromatic N) is 3. The van der Waals surface area contributed by atoms with E-state index in [9.17, 15) is 9.59 Å². The third-order valence-corrected chi connectivity index (χ3v) is 5.24. The van der Waals surface area contributed by atoms with E-state index in [1.807, 2.05) is 12.1 Å². The number of benzene rings is 3. The Hall–Kier alpha value is -4.90. The molecule has 0 spiro atoms. The van der Waals surface area contributed by atoms with Crippen LogP contribution in [0.5, 0.6) is 5.75 Å². The minimum absolute atomic E-state index is 0.00481. The predicted octanol–water partition coefficient (Wildman–Crippen LogP) is 4.56. The van der Waals surface area contributed by atoms with Crippen LogP contribution in [0.1, 0.15) is 32.0 Å². The van der Waals surface area contributed by atoms with Gasteiger partial charge in [-0.1, -0.05) is 30.3 Å². The molecule has 0 saturated carbocycles. The molecule has 35 heavy (non-hydrogen) atoms. The van der Waals surface area contributed by atoms with Gasteiger partial charge in [-0.25, -0.2) is 14.3 Å². The summed E-state index contributed by atoms with van der Waals surface area (Å²) in [6.45, 7) is 0.289. The van der Waals surface area contributed by atoms with Crippen molar-refractivity contribution in [3.05, 3.63) is 101 Å². The number of rotatable bonds is 7. The zero-order chi connectivity index (χ0) is 24.8. The molecule has 1 heterocycles. The molecular formula is C27H21N3O5. The van der Waals surface area contributed by atoms with Crippen molar-refractivity contribution in [1.82, 2.24) is 9.78 Å². The summed E-state index contributed by atoms with van der Waals surface area (Å²) in [7, 11) is 2.48. The first-order valence-electron chi connectivity index (χ1n) is 10.6. The van der Waals surface area contributed by atoms with Crippen molar-refractivity contribution in [3.8, 4) is 28.8 Å². The van der Waals surface area contributed by atoms with Crippen LogP contribution in [0.3, 0.4) is 0 Å². The minimum atomic E-state index is -0.715. The van der Waals surface area contributed by atoms with E-state index in [2.05, 4.69) is 11.2 Å². The van der Waals surface area contributed by atoms with E-state index in [1.54, 1.807) is 66.7 Å². The predicted molar refractivity (Wildman–Crippen MR) is 127 cm³/mol. The van der Waals surface area contributed by atoms with Crippen LogP contribution in [-0.4, -0.2) is 35.9 Å². The van der Waals surface area contributed by atoms with Crippen molar-refractivity contribution >= 4 is 11.9 Å². The Balaban J connectivity index is 1.70. The van der Waals surface area contributed by atoms with Gasteiger partial charge in [-0.15, -0.1) is 0 Å². The summed E-state index contributed by atoms with van der Waals surface area (Å²) >= 11 is 0. The molecule has 8 heteroatoms. The summed E-state index contributed by atoms with van der Waals surface area (Å²) in [5, 5.41) is 13.6. The number of nitriles is 1. The van der Waals surface area contributed by atoms with Crippen LogP contribution < -0.4 is 4.74 Å². The summed E-state index contributed by atoms with van der Waals surface area (Å²) in [5.74, 6) is -0.834. The van der Waals surface area contributed by atoms with E-state index >= 15 is 0 Å². The zero-order valence-electron chi connectivity index (χ0n) is 19.1. The summed E-state index contributed by atoms with van der Waals surface area (Å²) in [4.78, 5) is 25.4. The zero-order valence-corrected chi connectivity index (χ0v) is 19.1. The van der Waals surface area contributed by atoms with Crippen LogP contribution >= 0.6 is 0 Å². The van der Waals surface area contributed by atoms with E-state index in [4.69, 9.17) is 19.5 Å². The molecule has 0 aliphatic carbocycles. The molecule has 8 nitrogen and oxygen atoms in total. The molecule has 0 aliphatic heterocycles. The number of carbonyl (C=O) groups is 2.